The second kappa shape index (κ2) is 7.64. The number of rotatable bonds is 5. The average molecular weight is 401 g/mol. The van der Waals surface area contributed by atoms with Crippen LogP contribution in [0.1, 0.15) is 18.2 Å². The zero-order valence-electron chi connectivity index (χ0n) is 14.8. The van der Waals surface area contributed by atoms with Crippen LogP contribution in [0.3, 0.4) is 0 Å². The number of hydrogen-bond acceptors (Lipinski definition) is 4. The lowest BCUT2D eigenvalue weighted by Crippen LogP contribution is -2.48. The van der Waals surface area contributed by atoms with Gasteiger partial charge >= 0.3 is 0 Å². The molecular formula is C17H22ClFN4O2S. The number of nitrogens with zero attached hydrogens (tertiary/aromatic N) is 4. The van der Waals surface area contributed by atoms with Gasteiger partial charge in [-0.15, -0.1) is 0 Å². The molecule has 9 heteroatoms. The quantitative estimate of drug-likeness (QED) is 0.773. The Labute approximate surface area is 158 Å². The molecule has 26 heavy (non-hydrogen) atoms. The van der Waals surface area contributed by atoms with E-state index in [0.717, 1.165) is 5.56 Å². The highest BCUT2D eigenvalue weighted by Gasteiger charge is 2.31. The molecule has 0 radical (unpaired) electrons. The van der Waals surface area contributed by atoms with Gasteiger partial charge in [0, 0.05) is 44.3 Å². The smallest absolute Gasteiger partial charge is 0.246 e. The highest BCUT2D eigenvalue weighted by molar-refractivity contribution is 7.89. The molecule has 0 saturated carbocycles. The fourth-order valence-corrected chi connectivity index (χ4v) is 4.97. The van der Waals surface area contributed by atoms with Crippen molar-refractivity contribution in [1.82, 2.24) is 19.0 Å². The number of benzene rings is 1. The summed E-state index contributed by atoms with van der Waals surface area (Å²) in [5.74, 6) is -0.363. The lowest BCUT2D eigenvalue weighted by Gasteiger charge is -2.34. The summed E-state index contributed by atoms with van der Waals surface area (Å²) in [6, 6.07) is 4.35. The first-order valence-electron chi connectivity index (χ1n) is 8.51. The summed E-state index contributed by atoms with van der Waals surface area (Å²) in [4.78, 5) is 2.39. The Morgan fingerprint density at radius 2 is 1.92 bits per heavy atom. The van der Waals surface area contributed by atoms with Gasteiger partial charge in [0.15, 0.2) is 0 Å². The molecule has 0 unspecified atom stereocenters. The van der Waals surface area contributed by atoms with E-state index in [1.54, 1.807) is 17.7 Å². The van der Waals surface area contributed by atoms with Gasteiger partial charge in [-0.2, -0.15) is 9.40 Å². The lowest BCUT2D eigenvalue weighted by atomic mass is 10.2. The van der Waals surface area contributed by atoms with Gasteiger partial charge in [0.25, 0.3) is 0 Å². The van der Waals surface area contributed by atoms with Crippen LogP contribution in [0, 0.1) is 12.7 Å². The number of halogens is 2. The first-order chi connectivity index (χ1) is 12.3. The summed E-state index contributed by atoms with van der Waals surface area (Å²) in [5, 5.41) is 4.53. The standard InChI is InChI=1S/C17H22ClFN4O2S/c1-3-23-13(2)17(11-20-23)26(24,25)22-8-6-21(7-9-22)12-14-4-5-15(19)10-16(14)18/h4-5,10-11H,3,6-9,12H2,1-2H3. The number of sulfonamides is 1. The van der Waals surface area contributed by atoms with E-state index in [0.29, 0.717) is 50.0 Å². The molecule has 1 fully saturated rings. The highest BCUT2D eigenvalue weighted by Crippen LogP contribution is 2.23. The van der Waals surface area contributed by atoms with Crippen molar-refractivity contribution in [2.24, 2.45) is 0 Å². The number of piperazine rings is 1. The lowest BCUT2D eigenvalue weighted by molar-refractivity contribution is 0.181. The van der Waals surface area contributed by atoms with E-state index < -0.39 is 10.0 Å². The molecule has 0 amide bonds. The zero-order chi connectivity index (χ0) is 18.9. The SMILES string of the molecule is CCn1ncc(S(=O)(=O)N2CCN(Cc3ccc(F)cc3Cl)CC2)c1C. The summed E-state index contributed by atoms with van der Waals surface area (Å²) in [6.07, 6.45) is 1.43. The largest absolute Gasteiger partial charge is 0.296 e. The van der Waals surface area contributed by atoms with Crippen molar-refractivity contribution in [2.75, 3.05) is 26.2 Å². The molecule has 2 aromatic rings. The predicted molar refractivity (Wildman–Crippen MR) is 98.1 cm³/mol. The summed E-state index contributed by atoms with van der Waals surface area (Å²) in [6.45, 7) is 6.89. The molecule has 0 N–H and O–H groups in total. The third-order valence-corrected chi connectivity index (χ3v) is 7.07. The van der Waals surface area contributed by atoms with Crippen LogP contribution in [0.4, 0.5) is 4.39 Å². The fourth-order valence-electron chi connectivity index (χ4n) is 3.16. The molecule has 0 atom stereocenters. The Balaban J connectivity index is 1.66. The average Bonchev–Trinajstić information content (AvgIpc) is 2.99. The molecule has 0 spiro atoms. The van der Waals surface area contributed by atoms with E-state index >= 15 is 0 Å². The van der Waals surface area contributed by atoms with Gasteiger partial charge in [0.05, 0.1) is 11.9 Å². The summed E-state index contributed by atoms with van der Waals surface area (Å²) < 4.78 is 42.1. The molecule has 1 saturated heterocycles. The van der Waals surface area contributed by atoms with Crippen molar-refractivity contribution in [2.45, 2.75) is 31.8 Å². The van der Waals surface area contributed by atoms with Crippen molar-refractivity contribution in [3.63, 3.8) is 0 Å². The third-order valence-electron chi connectivity index (χ3n) is 4.72. The molecule has 1 aliphatic rings. The molecule has 1 aromatic heterocycles. The minimum Gasteiger partial charge on any atom is -0.296 e. The normalized spacial score (nSPS) is 16.9. The van der Waals surface area contributed by atoms with Crippen LogP contribution in [-0.4, -0.2) is 53.6 Å². The van der Waals surface area contributed by atoms with Gasteiger partial charge < -0.3 is 0 Å². The summed E-state index contributed by atoms with van der Waals surface area (Å²) in [7, 11) is -3.54. The van der Waals surface area contributed by atoms with Crippen molar-refractivity contribution < 1.29 is 12.8 Å². The van der Waals surface area contributed by atoms with E-state index in [4.69, 9.17) is 11.6 Å². The Hall–Kier alpha value is -1.48. The molecule has 0 bridgehead atoms. The van der Waals surface area contributed by atoms with E-state index in [2.05, 4.69) is 10.00 Å². The molecule has 1 aromatic carbocycles. The third kappa shape index (κ3) is 3.78. The summed E-state index contributed by atoms with van der Waals surface area (Å²) in [5.41, 5.74) is 1.50. The minimum absolute atomic E-state index is 0.273. The molecule has 6 nitrogen and oxygen atoms in total. The first kappa shape index (κ1) is 19.3. The van der Waals surface area contributed by atoms with Gasteiger partial charge in [-0.1, -0.05) is 17.7 Å². The Bertz CT molecular complexity index is 892. The Kier molecular flexibility index (Phi) is 5.67. The molecule has 142 valence electrons. The highest BCUT2D eigenvalue weighted by atomic mass is 35.5. The van der Waals surface area contributed by atoms with Gasteiger partial charge in [-0.25, -0.2) is 12.8 Å². The fraction of sp³-hybridized carbons (Fsp3) is 0.471. The van der Waals surface area contributed by atoms with E-state index in [-0.39, 0.29) is 10.7 Å². The zero-order valence-corrected chi connectivity index (χ0v) is 16.4. The monoisotopic (exact) mass is 400 g/mol. The maximum Gasteiger partial charge on any atom is 0.246 e. The van der Waals surface area contributed by atoms with Crippen molar-refractivity contribution in [1.29, 1.82) is 0 Å². The van der Waals surface area contributed by atoms with E-state index in [9.17, 15) is 12.8 Å². The van der Waals surface area contributed by atoms with Crippen LogP contribution in [0.25, 0.3) is 0 Å². The Morgan fingerprint density at radius 1 is 1.23 bits per heavy atom. The molecule has 2 heterocycles. The maximum atomic E-state index is 13.2. The Morgan fingerprint density at radius 3 is 2.50 bits per heavy atom. The number of hydrogen-bond donors (Lipinski definition) is 0. The van der Waals surface area contributed by atoms with Crippen LogP contribution in [-0.2, 0) is 23.1 Å². The second-order valence-corrected chi connectivity index (χ2v) is 8.64. The van der Waals surface area contributed by atoms with Crippen LogP contribution < -0.4 is 0 Å². The van der Waals surface area contributed by atoms with Crippen LogP contribution in [0.15, 0.2) is 29.3 Å². The number of aromatic nitrogens is 2. The van der Waals surface area contributed by atoms with Crippen LogP contribution in [0.5, 0.6) is 0 Å². The second-order valence-electron chi connectivity index (χ2n) is 6.33. The molecule has 1 aliphatic heterocycles. The van der Waals surface area contributed by atoms with Gasteiger partial charge in [0.1, 0.15) is 10.7 Å². The van der Waals surface area contributed by atoms with Gasteiger partial charge in [-0.05, 0) is 31.5 Å². The first-order valence-corrected chi connectivity index (χ1v) is 10.3. The minimum atomic E-state index is -3.54. The maximum absolute atomic E-state index is 13.2. The summed E-state index contributed by atoms with van der Waals surface area (Å²) >= 11 is 6.08. The van der Waals surface area contributed by atoms with Gasteiger partial charge in [-0.3, -0.25) is 9.58 Å². The van der Waals surface area contributed by atoms with Crippen LogP contribution >= 0.6 is 11.6 Å². The van der Waals surface area contributed by atoms with Crippen molar-refractivity contribution in [3.8, 4) is 0 Å². The number of aryl methyl sites for hydroxylation is 1. The van der Waals surface area contributed by atoms with E-state index in [1.165, 1.54) is 22.6 Å². The topological polar surface area (TPSA) is 58.4 Å². The molecule has 3 rings (SSSR count). The van der Waals surface area contributed by atoms with Crippen molar-refractivity contribution in [3.05, 3.63) is 46.5 Å². The van der Waals surface area contributed by atoms with Gasteiger partial charge in [0.2, 0.25) is 10.0 Å². The van der Waals surface area contributed by atoms with E-state index in [1.807, 2.05) is 6.92 Å². The van der Waals surface area contributed by atoms with Crippen molar-refractivity contribution >= 4 is 21.6 Å². The van der Waals surface area contributed by atoms with Crippen LogP contribution in [0.2, 0.25) is 5.02 Å². The molecular weight excluding hydrogens is 379 g/mol. The predicted octanol–water partition coefficient (Wildman–Crippen LogP) is 2.51. The molecule has 0 aliphatic carbocycles.